The normalized spacial score (nSPS) is 19.2. The number of aliphatic carboxylic acids is 1. The van der Waals surface area contributed by atoms with E-state index in [1.54, 1.807) is 24.3 Å². The maximum absolute atomic E-state index is 12.4. The molecule has 0 aliphatic heterocycles. The van der Waals surface area contributed by atoms with Gasteiger partial charge in [-0.15, -0.1) is 0 Å². The summed E-state index contributed by atoms with van der Waals surface area (Å²) in [6, 6.07) is 15.2. The first-order chi connectivity index (χ1) is 11.1. The molecule has 1 amide bonds. The first kappa shape index (κ1) is 15.3. The van der Waals surface area contributed by atoms with Crippen LogP contribution in [-0.2, 0) is 16.0 Å². The summed E-state index contributed by atoms with van der Waals surface area (Å²) in [5.41, 5.74) is 3.65. The van der Waals surface area contributed by atoms with E-state index in [9.17, 15) is 9.59 Å². The van der Waals surface area contributed by atoms with Crippen molar-refractivity contribution >= 4 is 17.6 Å². The van der Waals surface area contributed by atoms with Gasteiger partial charge in [0, 0.05) is 11.6 Å². The molecule has 0 radical (unpaired) electrons. The third kappa shape index (κ3) is 3.42. The lowest BCUT2D eigenvalue weighted by atomic mass is 10.0. The molecule has 0 heterocycles. The number of carboxylic acid groups (broad SMARTS) is 1. The van der Waals surface area contributed by atoms with Gasteiger partial charge in [-0.2, -0.15) is 0 Å². The fraction of sp³-hybridized carbons (Fsp3) is 0.263. The Hall–Kier alpha value is -2.62. The summed E-state index contributed by atoms with van der Waals surface area (Å²) < 4.78 is 0. The number of nitrogens with one attached hydrogen (secondary N) is 1. The fourth-order valence-corrected chi connectivity index (χ4v) is 3.02. The zero-order chi connectivity index (χ0) is 16.4. The number of carboxylic acids is 1. The summed E-state index contributed by atoms with van der Waals surface area (Å²) in [6.45, 7) is 2.06. The lowest BCUT2D eigenvalue weighted by molar-refractivity contribution is -0.136. The molecule has 1 fully saturated rings. The lowest BCUT2D eigenvalue weighted by Crippen LogP contribution is -2.16. The lowest BCUT2D eigenvalue weighted by Gasteiger charge is -2.10. The number of para-hydroxylation sites is 1. The summed E-state index contributed by atoms with van der Waals surface area (Å²) in [4.78, 5) is 23.4. The van der Waals surface area contributed by atoms with E-state index in [-0.39, 0.29) is 24.2 Å². The van der Waals surface area contributed by atoms with Crippen LogP contribution in [0.15, 0.2) is 48.5 Å². The largest absolute Gasteiger partial charge is 0.481 e. The number of hydrogen-bond acceptors (Lipinski definition) is 2. The number of carbonyl (C=O) groups is 2. The highest BCUT2D eigenvalue weighted by molar-refractivity contribution is 5.96. The molecule has 2 aromatic rings. The van der Waals surface area contributed by atoms with Crippen LogP contribution in [0, 0.1) is 12.8 Å². The first-order valence-corrected chi connectivity index (χ1v) is 7.72. The van der Waals surface area contributed by atoms with Crippen molar-refractivity contribution in [2.75, 3.05) is 5.32 Å². The van der Waals surface area contributed by atoms with Gasteiger partial charge >= 0.3 is 5.97 Å². The van der Waals surface area contributed by atoms with Crippen LogP contribution in [0.25, 0.3) is 0 Å². The Morgan fingerprint density at radius 3 is 2.57 bits per heavy atom. The van der Waals surface area contributed by atoms with E-state index < -0.39 is 5.97 Å². The predicted octanol–water partition coefficient (Wildman–Crippen LogP) is 3.36. The van der Waals surface area contributed by atoms with Gasteiger partial charge in [0.2, 0.25) is 5.91 Å². The molecule has 1 aliphatic rings. The van der Waals surface area contributed by atoms with Crippen LogP contribution in [0.1, 0.15) is 29.0 Å². The quantitative estimate of drug-likeness (QED) is 0.890. The van der Waals surface area contributed by atoms with Gasteiger partial charge in [-0.25, -0.2) is 0 Å². The summed E-state index contributed by atoms with van der Waals surface area (Å²) in [5.74, 6) is -0.705. The minimum absolute atomic E-state index is 0.0314. The fourth-order valence-electron chi connectivity index (χ4n) is 3.02. The second kappa shape index (κ2) is 6.24. The molecule has 3 rings (SSSR count). The highest BCUT2D eigenvalue weighted by Crippen LogP contribution is 2.49. The summed E-state index contributed by atoms with van der Waals surface area (Å²) in [5, 5.41) is 11.9. The Labute approximate surface area is 135 Å². The Balaban J connectivity index is 1.70. The van der Waals surface area contributed by atoms with Crippen molar-refractivity contribution in [2.24, 2.45) is 5.92 Å². The maximum Gasteiger partial charge on any atom is 0.307 e. The number of carbonyl (C=O) groups excluding carboxylic acids is 1. The van der Waals surface area contributed by atoms with Gasteiger partial charge in [0.05, 0.1) is 6.42 Å². The van der Waals surface area contributed by atoms with Gasteiger partial charge in [0.15, 0.2) is 0 Å². The van der Waals surface area contributed by atoms with Crippen LogP contribution in [0.2, 0.25) is 0 Å². The van der Waals surface area contributed by atoms with Gasteiger partial charge in [-0.3, -0.25) is 9.59 Å². The van der Waals surface area contributed by atoms with E-state index in [0.29, 0.717) is 11.3 Å². The average molecular weight is 309 g/mol. The molecule has 1 saturated carbocycles. The van der Waals surface area contributed by atoms with Gasteiger partial charge in [0.1, 0.15) is 0 Å². The van der Waals surface area contributed by atoms with E-state index in [1.165, 1.54) is 11.1 Å². The molecule has 1 aliphatic carbocycles. The number of aryl methyl sites for hydroxylation is 1. The Morgan fingerprint density at radius 1 is 1.13 bits per heavy atom. The van der Waals surface area contributed by atoms with Crippen LogP contribution in [0.4, 0.5) is 5.69 Å². The van der Waals surface area contributed by atoms with Gasteiger partial charge in [0.25, 0.3) is 0 Å². The van der Waals surface area contributed by atoms with Crippen LogP contribution >= 0.6 is 0 Å². The van der Waals surface area contributed by atoms with E-state index in [2.05, 4.69) is 24.4 Å². The van der Waals surface area contributed by atoms with Crippen molar-refractivity contribution in [3.8, 4) is 0 Å². The molecule has 4 nitrogen and oxygen atoms in total. The van der Waals surface area contributed by atoms with E-state index in [1.807, 2.05) is 12.1 Å². The molecule has 0 aromatic heterocycles. The predicted molar refractivity (Wildman–Crippen MR) is 88.4 cm³/mol. The number of benzene rings is 2. The average Bonchev–Trinajstić information content (AvgIpc) is 3.29. The van der Waals surface area contributed by atoms with E-state index >= 15 is 0 Å². The first-order valence-electron chi connectivity index (χ1n) is 7.72. The molecule has 0 bridgehead atoms. The SMILES string of the molecule is Cc1ccccc1C1CC1C(=O)Nc1ccccc1CC(=O)O. The molecule has 118 valence electrons. The molecule has 2 unspecified atom stereocenters. The van der Waals surface area contributed by atoms with Crippen molar-refractivity contribution < 1.29 is 14.7 Å². The summed E-state index contributed by atoms with van der Waals surface area (Å²) in [6.07, 6.45) is 0.750. The third-order valence-corrected chi connectivity index (χ3v) is 4.33. The van der Waals surface area contributed by atoms with Crippen LogP contribution in [0.5, 0.6) is 0 Å². The molecule has 2 aromatic carbocycles. The number of amides is 1. The van der Waals surface area contributed by atoms with Gasteiger partial charge in [-0.05, 0) is 42.0 Å². The zero-order valence-electron chi connectivity index (χ0n) is 13.0. The van der Waals surface area contributed by atoms with Crippen LogP contribution in [0.3, 0.4) is 0 Å². The molecular weight excluding hydrogens is 290 g/mol. The highest BCUT2D eigenvalue weighted by atomic mass is 16.4. The number of hydrogen-bond donors (Lipinski definition) is 2. The Morgan fingerprint density at radius 2 is 1.83 bits per heavy atom. The molecule has 0 saturated heterocycles. The minimum atomic E-state index is -0.907. The molecule has 23 heavy (non-hydrogen) atoms. The second-order valence-corrected chi connectivity index (χ2v) is 6.02. The topological polar surface area (TPSA) is 66.4 Å². The van der Waals surface area contributed by atoms with Crippen molar-refractivity contribution in [1.82, 2.24) is 0 Å². The molecule has 4 heteroatoms. The van der Waals surface area contributed by atoms with Crippen molar-refractivity contribution in [3.05, 3.63) is 65.2 Å². The molecule has 0 spiro atoms. The molecule has 2 atom stereocenters. The van der Waals surface area contributed by atoms with Crippen molar-refractivity contribution in [1.29, 1.82) is 0 Å². The standard InChI is InChI=1S/C19H19NO3/c1-12-6-2-4-8-14(12)15-11-16(15)19(23)20-17-9-5-3-7-13(17)10-18(21)22/h2-9,15-16H,10-11H2,1H3,(H,20,23)(H,21,22). The highest BCUT2D eigenvalue weighted by Gasteiger charge is 2.44. The number of anilines is 1. The molecular formula is C19H19NO3. The monoisotopic (exact) mass is 309 g/mol. The Kier molecular flexibility index (Phi) is 4.15. The molecule has 2 N–H and O–H groups in total. The summed E-state index contributed by atoms with van der Waals surface area (Å²) in [7, 11) is 0. The Bertz CT molecular complexity index is 754. The van der Waals surface area contributed by atoms with Crippen LogP contribution in [-0.4, -0.2) is 17.0 Å². The third-order valence-electron chi connectivity index (χ3n) is 4.33. The van der Waals surface area contributed by atoms with Gasteiger partial charge in [-0.1, -0.05) is 42.5 Å². The smallest absolute Gasteiger partial charge is 0.307 e. The zero-order valence-corrected chi connectivity index (χ0v) is 13.0. The van der Waals surface area contributed by atoms with Crippen LogP contribution < -0.4 is 5.32 Å². The maximum atomic E-state index is 12.4. The van der Waals surface area contributed by atoms with Gasteiger partial charge < -0.3 is 10.4 Å². The van der Waals surface area contributed by atoms with Crippen molar-refractivity contribution in [3.63, 3.8) is 0 Å². The van der Waals surface area contributed by atoms with E-state index in [0.717, 1.165) is 6.42 Å². The second-order valence-electron chi connectivity index (χ2n) is 6.02. The van der Waals surface area contributed by atoms with E-state index in [4.69, 9.17) is 5.11 Å². The minimum Gasteiger partial charge on any atom is -0.481 e. The number of rotatable bonds is 5. The van der Waals surface area contributed by atoms with Crippen molar-refractivity contribution in [2.45, 2.75) is 25.7 Å². The summed E-state index contributed by atoms with van der Waals surface area (Å²) >= 11 is 0.